The standard InChI is InChI=1S/C19H20ClF3N2O2S/c1-12-4-6-15(27-12)11-25(10-14-3-2-8-26-14)18(28)24-17-7-5-13(20)9-16(17)19(21,22)23/h4-7,9,14H,2-3,8,10-11H2,1H3,(H,24,28). The molecule has 1 aliphatic rings. The highest BCUT2D eigenvalue weighted by Crippen LogP contribution is 2.36. The van der Waals surface area contributed by atoms with Gasteiger partial charge in [-0.2, -0.15) is 13.2 Å². The number of nitrogens with one attached hydrogen (secondary N) is 1. The van der Waals surface area contributed by atoms with Crippen molar-refractivity contribution in [2.24, 2.45) is 0 Å². The maximum atomic E-state index is 13.4. The minimum atomic E-state index is -4.56. The molecule has 0 spiro atoms. The summed E-state index contributed by atoms with van der Waals surface area (Å²) in [6, 6.07) is 7.20. The van der Waals surface area contributed by atoms with Crippen molar-refractivity contribution in [1.29, 1.82) is 0 Å². The number of halogens is 4. The molecule has 1 unspecified atom stereocenters. The second-order valence-electron chi connectivity index (χ2n) is 6.65. The predicted octanol–water partition coefficient (Wildman–Crippen LogP) is 5.64. The molecule has 1 N–H and O–H groups in total. The van der Waals surface area contributed by atoms with Crippen LogP contribution >= 0.6 is 23.8 Å². The zero-order valence-electron chi connectivity index (χ0n) is 15.2. The summed E-state index contributed by atoms with van der Waals surface area (Å²) < 4.78 is 51.4. The Hall–Kier alpha value is -1.77. The van der Waals surface area contributed by atoms with Crippen LogP contribution in [0.25, 0.3) is 0 Å². The van der Waals surface area contributed by atoms with Crippen molar-refractivity contribution in [2.75, 3.05) is 18.5 Å². The molecule has 0 saturated carbocycles. The smallest absolute Gasteiger partial charge is 0.418 e. The summed E-state index contributed by atoms with van der Waals surface area (Å²) >= 11 is 11.2. The number of hydrogen-bond donors (Lipinski definition) is 1. The molecule has 0 amide bonds. The number of ether oxygens (including phenoxy) is 1. The Kier molecular flexibility index (Phi) is 6.52. The van der Waals surface area contributed by atoms with E-state index >= 15 is 0 Å². The highest BCUT2D eigenvalue weighted by atomic mass is 35.5. The average Bonchev–Trinajstić information content (AvgIpc) is 3.26. The highest BCUT2D eigenvalue weighted by molar-refractivity contribution is 7.80. The van der Waals surface area contributed by atoms with Crippen molar-refractivity contribution in [1.82, 2.24) is 4.90 Å². The van der Waals surface area contributed by atoms with E-state index in [0.717, 1.165) is 24.7 Å². The first-order chi connectivity index (χ1) is 13.2. The summed E-state index contributed by atoms with van der Waals surface area (Å²) in [5.74, 6) is 1.43. The van der Waals surface area contributed by atoms with Crippen LogP contribution in [-0.2, 0) is 17.5 Å². The molecule has 3 rings (SSSR count). The first kappa shape index (κ1) is 21.0. The van der Waals surface area contributed by atoms with Crippen LogP contribution in [0.15, 0.2) is 34.7 Å². The Morgan fingerprint density at radius 2 is 2.11 bits per heavy atom. The molecule has 1 saturated heterocycles. The van der Waals surface area contributed by atoms with Gasteiger partial charge < -0.3 is 19.4 Å². The molecule has 1 fully saturated rings. The van der Waals surface area contributed by atoms with E-state index in [9.17, 15) is 13.2 Å². The fourth-order valence-electron chi connectivity index (χ4n) is 3.07. The van der Waals surface area contributed by atoms with Crippen LogP contribution in [0, 0.1) is 6.92 Å². The van der Waals surface area contributed by atoms with Gasteiger partial charge >= 0.3 is 6.18 Å². The summed E-state index contributed by atoms with van der Waals surface area (Å²) in [5, 5.41) is 2.90. The van der Waals surface area contributed by atoms with Crippen molar-refractivity contribution < 1.29 is 22.3 Å². The molecule has 1 aromatic carbocycles. The van der Waals surface area contributed by atoms with Crippen LogP contribution in [0.1, 0.15) is 29.9 Å². The van der Waals surface area contributed by atoms with E-state index < -0.39 is 11.7 Å². The minimum Gasteiger partial charge on any atom is -0.464 e. The molecule has 1 aromatic heterocycles. The van der Waals surface area contributed by atoms with E-state index in [1.165, 1.54) is 12.1 Å². The summed E-state index contributed by atoms with van der Waals surface area (Å²) in [5.41, 5.74) is -1.01. The number of nitrogens with zero attached hydrogens (tertiary/aromatic N) is 1. The van der Waals surface area contributed by atoms with Gasteiger partial charge in [-0.05, 0) is 62.3 Å². The van der Waals surface area contributed by atoms with Gasteiger partial charge in [0.1, 0.15) is 11.5 Å². The van der Waals surface area contributed by atoms with E-state index in [2.05, 4.69) is 5.32 Å². The molecule has 0 radical (unpaired) electrons. The molecule has 28 heavy (non-hydrogen) atoms. The lowest BCUT2D eigenvalue weighted by atomic mass is 10.1. The Balaban J connectivity index is 1.80. The van der Waals surface area contributed by atoms with Crippen LogP contribution in [0.3, 0.4) is 0 Å². The van der Waals surface area contributed by atoms with Gasteiger partial charge in [0.2, 0.25) is 0 Å². The first-order valence-electron chi connectivity index (χ1n) is 8.82. The number of thiocarbonyl (C=S) groups is 1. The molecule has 0 bridgehead atoms. The fraction of sp³-hybridized carbons (Fsp3) is 0.421. The SMILES string of the molecule is Cc1ccc(CN(CC2CCCO2)C(=S)Nc2ccc(Cl)cc2C(F)(F)F)o1. The number of hydrogen-bond acceptors (Lipinski definition) is 3. The summed E-state index contributed by atoms with van der Waals surface area (Å²) in [7, 11) is 0. The maximum Gasteiger partial charge on any atom is 0.418 e. The summed E-state index contributed by atoms with van der Waals surface area (Å²) in [6.07, 6.45) is -2.75. The highest BCUT2D eigenvalue weighted by Gasteiger charge is 2.34. The third-order valence-corrected chi connectivity index (χ3v) is 5.00. The quantitative estimate of drug-likeness (QED) is 0.619. The van der Waals surface area contributed by atoms with Crippen molar-refractivity contribution in [2.45, 2.75) is 38.6 Å². The number of benzene rings is 1. The molecule has 2 aromatic rings. The van der Waals surface area contributed by atoms with Gasteiger partial charge in [-0.15, -0.1) is 0 Å². The van der Waals surface area contributed by atoms with E-state index in [-0.39, 0.29) is 21.9 Å². The largest absolute Gasteiger partial charge is 0.464 e. The second kappa shape index (κ2) is 8.71. The average molecular weight is 433 g/mol. The van der Waals surface area contributed by atoms with Gasteiger partial charge in [0.15, 0.2) is 5.11 Å². The van der Waals surface area contributed by atoms with E-state index in [1.54, 1.807) is 4.90 Å². The number of furan rings is 1. The van der Waals surface area contributed by atoms with Crippen LogP contribution in [0.4, 0.5) is 18.9 Å². The summed E-state index contributed by atoms with van der Waals surface area (Å²) in [4.78, 5) is 1.76. The van der Waals surface area contributed by atoms with Crippen molar-refractivity contribution in [3.05, 3.63) is 52.4 Å². The van der Waals surface area contributed by atoms with Crippen LogP contribution in [-0.4, -0.2) is 29.3 Å². The number of anilines is 1. The van der Waals surface area contributed by atoms with Gasteiger partial charge in [-0.25, -0.2) is 0 Å². The minimum absolute atomic E-state index is 0.00562. The van der Waals surface area contributed by atoms with Gasteiger partial charge in [0, 0.05) is 18.2 Å². The molecule has 0 aliphatic carbocycles. The zero-order valence-corrected chi connectivity index (χ0v) is 16.8. The molecular formula is C19H20ClF3N2O2S. The van der Waals surface area contributed by atoms with E-state index in [4.69, 9.17) is 33.0 Å². The fourth-order valence-corrected chi connectivity index (χ4v) is 3.49. The summed E-state index contributed by atoms with van der Waals surface area (Å²) in [6.45, 7) is 3.29. The lowest BCUT2D eigenvalue weighted by Crippen LogP contribution is -2.39. The van der Waals surface area contributed by atoms with Crippen molar-refractivity contribution >= 4 is 34.6 Å². The maximum absolute atomic E-state index is 13.4. The molecule has 2 heterocycles. The van der Waals surface area contributed by atoms with E-state index in [0.29, 0.717) is 25.5 Å². The molecule has 1 aliphatic heterocycles. The Labute approximate surface area is 171 Å². The molecule has 152 valence electrons. The number of alkyl halides is 3. The Morgan fingerprint density at radius 3 is 2.71 bits per heavy atom. The number of aryl methyl sites for hydroxylation is 1. The van der Waals surface area contributed by atoms with Crippen LogP contribution in [0.2, 0.25) is 5.02 Å². The molecular weight excluding hydrogens is 413 g/mol. The number of rotatable bonds is 5. The van der Waals surface area contributed by atoms with E-state index in [1.807, 2.05) is 19.1 Å². The van der Waals surface area contributed by atoms with Crippen molar-refractivity contribution in [3.8, 4) is 0 Å². The van der Waals surface area contributed by atoms with Crippen LogP contribution in [0.5, 0.6) is 0 Å². The Morgan fingerprint density at radius 1 is 1.32 bits per heavy atom. The van der Waals surface area contributed by atoms with Gasteiger partial charge in [-0.3, -0.25) is 0 Å². The first-order valence-corrected chi connectivity index (χ1v) is 9.60. The Bertz CT molecular complexity index is 835. The van der Waals surface area contributed by atoms with Crippen LogP contribution < -0.4 is 5.32 Å². The van der Waals surface area contributed by atoms with Gasteiger partial charge in [0.25, 0.3) is 0 Å². The lowest BCUT2D eigenvalue weighted by Gasteiger charge is -2.28. The normalized spacial score (nSPS) is 17.0. The third-order valence-electron chi connectivity index (χ3n) is 4.41. The topological polar surface area (TPSA) is 37.6 Å². The van der Waals surface area contributed by atoms with Gasteiger partial charge in [-0.1, -0.05) is 11.6 Å². The third kappa shape index (κ3) is 5.40. The lowest BCUT2D eigenvalue weighted by molar-refractivity contribution is -0.136. The van der Waals surface area contributed by atoms with Crippen molar-refractivity contribution in [3.63, 3.8) is 0 Å². The zero-order chi connectivity index (χ0) is 20.3. The molecule has 9 heteroatoms. The van der Waals surface area contributed by atoms with Gasteiger partial charge in [0.05, 0.1) is 23.9 Å². The second-order valence-corrected chi connectivity index (χ2v) is 7.47. The molecule has 4 nitrogen and oxygen atoms in total. The predicted molar refractivity (Wildman–Crippen MR) is 106 cm³/mol. The molecule has 1 atom stereocenters. The monoisotopic (exact) mass is 432 g/mol.